The Kier molecular flexibility index (Phi) is 7.87. The predicted octanol–water partition coefficient (Wildman–Crippen LogP) is 4.28. The summed E-state index contributed by atoms with van der Waals surface area (Å²) in [5.74, 6) is 2.45. The number of carbonyl (C=O) groups excluding carboxylic acids is 1. The molecule has 1 heterocycles. The van der Waals surface area contributed by atoms with Crippen LogP contribution in [-0.2, 0) is 9.53 Å². The molecule has 112 valence electrons. The standard InChI is InChI=1S/C17H26O3/c1-3-4-5-6-7-8-9-10-11-12-13-15-16(18)14(2)20-17(15)19/h1,14,18H,4-13H2,2H3/t14-/m0/s1. The SMILES string of the molecule is C#CCCCCCCCCCCC1=C(O)[C@H](C)OC1=O. The molecule has 0 amide bonds. The topological polar surface area (TPSA) is 46.5 Å². The number of esters is 1. The molecule has 0 unspecified atom stereocenters. The maximum Gasteiger partial charge on any atom is 0.338 e. The van der Waals surface area contributed by atoms with Gasteiger partial charge >= 0.3 is 5.97 Å². The number of hydrogen-bond donors (Lipinski definition) is 1. The van der Waals surface area contributed by atoms with Gasteiger partial charge in [-0.3, -0.25) is 0 Å². The van der Waals surface area contributed by atoms with Crippen LogP contribution in [0.1, 0.15) is 71.1 Å². The molecule has 0 aliphatic carbocycles. The average Bonchev–Trinajstić information content (AvgIpc) is 2.67. The Hall–Kier alpha value is -1.43. The summed E-state index contributed by atoms with van der Waals surface area (Å²) >= 11 is 0. The van der Waals surface area contributed by atoms with E-state index < -0.39 is 6.10 Å². The number of hydrogen-bond acceptors (Lipinski definition) is 3. The number of cyclic esters (lactones) is 1. The molecule has 0 spiro atoms. The smallest absolute Gasteiger partial charge is 0.338 e. The third-order valence-corrected chi connectivity index (χ3v) is 3.72. The number of carbonyl (C=O) groups is 1. The van der Waals surface area contributed by atoms with Crippen molar-refractivity contribution in [1.29, 1.82) is 0 Å². The zero-order chi connectivity index (χ0) is 14.8. The van der Waals surface area contributed by atoms with Gasteiger partial charge in [0.25, 0.3) is 0 Å². The van der Waals surface area contributed by atoms with Gasteiger partial charge in [0.1, 0.15) is 5.76 Å². The Morgan fingerprint density at radius 1 is 1.10 bits per heavy atom. The number of rotatable bonds is 10. The van der Waals surface area contributed by atoms with Gasteiger partial charge in [0.2, 0.25) is 0 Å². The average molecular weight is 278 g/mol. The van der Waals surface area contributed by atoms with Crippen molar-refractivity contribution in [3.05, 3.63) is 11.3 Å². The van der Waals surface area contributed by atoms with Gasteiger partial charge in [-0.25, -0.2) is 4.79 Å². The Labute approximate surface area is 122 Å². The van der Waals surface area contributed by atoms with Crippen LogP contribution in [0.4, 0.5) is 0 Å². The van der Waals surface area contributed by atoms with Gasteiger partial charge in [0.15, 0.2) is 6.10 Å². The molecule has 1 atom stereocenters. The zero-order valence-electron chi connectivity index (χ0n) is 12.5. The van der Waals surface area contributed by atoms with E-state index in [1.54, 1.807) is 6.92 Å². The Bertz CT molecular complexity index is 376. The van der Waals surface area contributed by atoms with Crippen molar-refractivity contribution in [2.24, 2.45) is 0 Å². The number of terminal acetylenes is 1. The summed E-state index contributed by atoms with van der Waals surface area (Å²) in [6.45, 7) is 1.69. The summed E-state index contributed by atoms with van der Waals surface area (Å²) in [6, 6.07) is 0. The van der Waals surface area contributed by atoms with Crippen molar-refractivity contribution in [2.45, 2.75) is 77.2 Å². The summed E-state index contributed by atoms with van der Waals surface area (Å²) in [5.41, 5.74) is 0.479. The minimum absolute atomic E-state index is 0.128. The maximum atomic E-state index is 11.4. The summed E-state index contributed by atoms with van der Waals surface area (Å²) in [5, 5.41) is 9.69. The van der Waals surface area contributed by atoms with Gasteiger partial charge < -0.3 is 9.84 Å². The molecule has 0 fully saturated rings. The number of unbranched alkanes of at least 4 members (excludes halogenated alkanes) is 8. The molecule has 0 saturated carbocycles. The summed E-state index contributed by atoms with van der Waals surface area (Å²) in [6.07, 6.45) is 15.6. The highest BCUT2D eigenvalue weighted by Crippen LogP contribution is 2.24. The van der Waals surface area contributed by atoms with E-state index in [4.69, 9.17) is 11.2 Å². The van der Waals surface area contributed by atoms with Crippen molar-refractivity contribution in [3.8, 4) is 12.3 Å². The van der Waals surface area contributed by atoms with Gasteiger partial charge in [-0.1, -0.05) is 38.5 Å². The first-order chi connectivity index (χ1) is 9.66. The maximum absolute atomic E-state index is 11.4. The van der Waals surface area contributed by atoms with Crippen molar-refractivity contribution in [2.75, 3.05) is 0 Å². The fraction of sp³-hybridized carbons (Fsp3) is 0.706. The molecule has 0 aromatic carbocycles. The lowest BCUT2D eigenvalue weighted by Gasteiger charge is -2.02. The molecule has 1 aliphatic heterocycles. The second kappa shape index (κ2) is 9.47. The number of ether oxygens (including phenoxy) is 1. The quantitative estimate of drug-likeness (QED) is 0.368. The van der Waals surface area contributed by atoms with Gasteiger partial charge in [-0.05, 0) is 26.2 Å². The van der Waals surface area contributed by atoms with Crippen LogP contribution in [0.15, 0.2) is 11.3 Å². The van der Waals surface area contributed by atoms with E-state index in [1.807, 2.05) is 0 Å². The summed E-state index contributed by atoms with van der Waals surface area (Å²) in [4.78, 5) is 11.4. The minimum atomic E-state index is -0.458. The largest absolute Gasteiger partial charge is 0.508 e. The highest BCUT2D eigenvalue weighted by Gasteiger charge is 2.30. The van der Waals surface area contributed by atoms with E-state index >= 15 is 0 Å². The van der Waals surface area contributed by atoms with Crippen molar-refractivity contribution in [1.82, 2.24) is 0 Å². The molecular weight excluding hydrogens is 252 g/mol. The van der Waals surface area contributed by atoms with Crippen LogP contribution >= 0.6 is 0 Å². The lowest BCUT2D eigenvalue weighted by atomic mass is 10.0. The fourth-order valence-corrected chi connectivity index (χ4v) is 2.46. The minimum Gasteiger partial charge on any atom is -0.508 e. The number of aliphatic hydroxyl groups excluding tert-OH is 1. The summed E-state index contributed by atoms with van der Waals surface area (Å²) in [7, 11) is 0. The first-order valence-corrected chi connectivity index (χ1v) is 7.73. The molecule has 0 radical (unpaired) electrons. The van der Waals surface area contributed by atoms with Crippen molar-refractivity contribution in [3.63, 3.8) is 0 Å². The van der Waals surface area contributed by atoms with Gasteiger partial charge in [-0.2, -0.15) is 0 Å². The first-order valence-electron chi connectivity index (χ1n) is 7.73. The number of aliphatic hydroxyl groups is 1. The molecule has 3 nitrogen and oxygen atoms in total. The molecule has 1 aliphatic rings. The van der Waals surface area contributed by atoms with Crippen LogP contribution in [0.3, 0.4) is 0 Å². The highest BCUT2D eigenvalue weighted by atomic mass is 16.6. The Morgan fingerprint density at radius 2 is 1.65 bits per heavy atom. The Balaban J connectivity index is 1.98. The third kappa shape index (κ3) is 5.69. The monoisotopic (exact) mass is 278 g/mol. The molecule has 1 N–H and O–H groups in total. The van der Waals surface area contributed by atoms with E-state index in [2.05, 4.69) is 5.92 Å². The molecule has 0 saturated heterocycles. The van der Waals surface area contributed by atoms with Gasteiger partial charge in [0.05, 0.1) is 5.57 Å². The molecule has 0 aromatic heterocycles. The summed E-state index contributed by atoms with van der Waals surface area (Å²) < 4.78 is 4.95. The lowest BCUT2D eigenvalue weighted by molar-refractivity contribution is -0.139. The van der Waals surface area contributed by atoms with Gasteiger partial charge in [0, 0.05) is 6.42 Å². The van der Waals surface area contributed by atoms with Crippen LogP contribution in [0.25, 0.3) is 0 Å². The van der Waals surface area contributed by atoms with Crippen LogP contribution in [0.5, 0.6) is 0 Å². The molecule has 0 bridgehead atoms. The molecule has 3 heteroatoms. The van der Waals surface area contributed by atoms with Crippen LogP contribution < -0.4 is 0 Å². The third-order valence-electron chi connectivity index (χ3n) is 3.72. The van der Waals surface area contributed by atoms with E-state index in [1.165, 1.54) is 32.1 Å². The lowest BCUT2D eigenvalue weighted by Crippen LogP contribution is -2.05. The predicted molar refractivity (Wildman–Crippen MR) is 80.2 cm³/mol. The zero-order valence-corrected chi connectivity index (χ0v) is 12.5. The van der Waals surface area contributed by atoms with Crippen LogP contribution in [0, 0.1) is 12.3 Å². The van der Waals surface area contributed by atoms with E-state index in [9.17, 15) is 9.90 Å². The van der Waals surface area contributed by atoms with Crippen LogP contribution in [0.2, 0.25) is 0 Å². The highest BCUT2D eigenvalue weighted by molar-refractivity contribution is 5.91. The normalized spacial score (nSPS) is 18.2. The second-order valence-electron chi connectivity index (χ2n) is 5.44. The molecule has 0 aromatic rings. The van der Waals surface area contributed by atoms with Crippen LogP contribution in [-0.4, -0.2) is 17.2 Å². The van der Waals surface area contributed by atoms with Gasteiger partial charge in [-0.15, -0.1) is 12.3 Å². The Morgan fingerprint density at radius 3 is 2.15 bits per heavy atom. The molecule has 1 rings (SSSR count). The van der Waals surface area contributed by atoms with Crippen molar-refractivity contribution < 1.29 is 14.6 Å². The van der Waals surface area contributed by atoms with Crippen molar-refractivity contribution >= 4 is 5.97 Å². The second-order valence-corrected chi connectivity index (χ2v) is 5.44. The van der Waals surface area contributed by atoms with E-state index in [-0.39, 0.29) is 11.7 Å². The molecular formula is C17H26O3. The van der Waals surface area contributed by atoms with E-state index in [0.29, 0.717) is 12.0 Å². The fourth-order valence-electron chi connectivity index (χ4n) is 2.46. The molecule has 20 heavy (non-hydrogen) atoms. The van der Waals surface area contributed by atoms with E-state index in [0.717, 1.165) is 25.7 Å². The first kappa shape index (κ1) is 16.6.